The average molecular weight is 424 g/mol. The number of fused-ring (bicyclic) bond motifs is 2. The van der Waals surface area contributed by atoms with Crippen LogP contribution < -0.4 is 10.1 Å². The molecule has 0 saturated heterocycles. The van der Waals surface area contributed by atoms with E-state index in [9.17, 15) is 9.59 Å². The maximum absolute atomic E-state index is 13.4. The summed E-state index contributed by atoms with van der Waals surface area (Å²) < 4.78 is 10.9. The van der Waals surface area contributed by atoms with Gasteiger partial charge in [0, 0.05) is 28.3 Å². The van der Waals surface area contributed by atoms with Crippen molar-refractivity contribution in [2.24, 2.45) is 0 Å². The van der Waals surface area contributed by atoms with E-state index < -0.39 is 11.9 Å². The zero-order valence-electron chi connectivity index (χ0n) is 17.0. The number of Topliss-reactive ketones (excluding diaryl/α,β-unsaturated/α-hetero) is 1. The van der Waals surface area contributed by atoms with Gasteiger partial charge in [-0.1, -0.05) is 41.9 Å². The number of carbonyl (C=O) groups is 2. The predicted octanol–water partition coefficient (Wildman–Crippen LogP) is 4.87. The van der Waals surface area contributed by atoms with E-state index in [1.54, 1.807) is 25.1 Å². The highest BCUT2D eigenvalue weighted by Crippen LogP contribution is 2.47. The zero-order valence-corrected chi connectivity index (χ0v) is 17.8. The van der Waals surface area contributed by atoms with Crippen molar-refractivity contribution in [3.05, 3.63) is 81.0 Å². The Morgan fingerprint density at radius 2 is 1.83 bits per heavy atom. The van der Waals surface area contributed by atoms with Gasteiger partial charge in [-0.2, -0.15) is 0 Å². The van der Waals surface area contributed by atoms with Gasteiger partial charge in [-0.05, 0) is 38.5 Å². The summed E-state index contributed by atoms with van der Waals surface area (Å²) in [5.41, 5.74) is 4.53. The van der Waals surface area contributed by atoms with Crippen molar-refractivity contribution in [2.45, 2.75) is 26.7 Å². The molecular weight excluding hydrogens is 402 g/mol. The SMILES string of the molecule is CCOC(=O)C1=C(C)NC2=C(C(=O)c3ccccc32)[C@H]1c1ccc(OCC)c(Cl)c1. The summed E-state index contributed by atoms with van der Waals surface area (Å²) in [6, 6.07) is 12.8. The van der Waals surface area contributed by atoms with Crippen LogP contribution in [0.1, 0.15) is 48.2 Å². The van der Waals surface area contributed by atoms with E-state index in [1.807, 2.05) is 38.1 Å². The zero-order chi connectivity index (χ0) is 21.4. The van der Waals surface area contributed by atoms with Crippen molar-refractivity contribution < 1.29 is 19.1 Å². The van der Waals surface area contributed by atoms with Crippen molar-refractivity contribution >= 4 is 29.1 Å². The lowest BCUT2D eigenvalue weighted by molar-refractivity contribution is -0.138. The number of rotatable bonds is 5. The van der Waals surface area contributed by atoms with E-state index >= 15 is 0 Å². The van der Waals surface area contributed by atoms with Crippen LogP contribution in [-0.2, 0) is 9.53 Å². The molecule has 0 amide bonds. The molecule has 1 aliphatic heterocycles. The van der Waals surface area contributed by atoms with Crippen LogP contribution in [0, 0.1) is 0 Å². The van der Waals surface area contributed by atoms with Gasteiger partial charge < -0.3 is 14.8 Å². The second-order valence-electron chi connectivity index (χ2n) is 7.10. The summed E-state index contributed by atoms with van der Waals surface area (Å²) in [5, 5.41) is 3.71. The summed E-state index contributed by atoms with van der Waals surface area (Å²) in [6.45, 7) is 6.20. The van der Waals surface area contributed by atoms with E-state index in [2.05, 4.69) is 5.32 Å². The molecule has 5 nitrogen and oxygen atoms in total. The number of halogens is 1. The molecule has 0 unspecified atom stereocenters. The molecule has 0 spiro atoms. The topological polar surface area (TPSA) is 64.6 Å². The first-order valence-electron chi connectivity index (χ1n) is 9.93. The fourth-order valence-corrected chi connectivity index (χ4v) is 4.35. The highest BCUT2D eigenvalue weighted by molar-refractivity contribution is 6.32. The molecule has 1 heterocycles. The summed E-state index contributed by atoms with van der Waals surface area (Å²) in [4.78, 5) is 26.3. The van der Waals surface area contributed by atoms with E-state index in [-0.39, 0.29) is 12.4 Å². The molecule has 0 radical (unpaired) electrons. The van der Waals surface area contributed by atoms with Crippen molar-refractivity contribution in [3.63, 3.8) is 0 Å². The summed E-state index contributed by atoms with van der Waals surface area (Å²) >= 11 is 6.45. The molecule has 1 N–H and O–H groups in total. The third-order valence-electron chi connectivity index (χ3n) is 5.33. The van der Waals surface area contributed by atoms with Crippen LogP contribution in [0.2, 0.25) is 5.02 Å². The summed E-state index contributed by atoms with van der Waals surface area (Å²) in [7, 11) is 0. The fourth-order valence-electron chi connectivity index (χ4n) is 4.11. The molecule has 0 fully saturated rings. The van der Waals surface area contributed by atoms with Gasteiger partial charge in [-0.3, -0.25) is 4.79 Å². The lowest BCUT2D eigenvalue weighted by Gasteiger charge is -2.29. The quantitative estimate of drug-likeness (QED) is 0.695. The highest BCUT2D eigenvalue weighted by Gasteiger charge is 2.43. The number of allylic oxidation sites excluding steroid dienone is 2. The van der Waals surface area contributed by atoms with Gasteiger partial charge >= 0.3 is 5.97 Å². The van der Waals surface area contributed by atoms with Gasteiger partial charge in [0.15, 0.2) is 5.78 Å². The maximum atomic E-state index is 13.4. The number of ether oxygens (including phenoxy) is 2. The molecule has 0 saturated carbocycles. The first-order valence-corrected chi connectivity index (χ1v) is 10.3. The molecule has 1 aliphatic carbocycles. The van der Waals surface area contributed by atoms with Crippen LogP contribution >= 0.6 is 11.6 Å². The first-order chi connectivity index (χ1) is 14.5. The Bertz CT molecular complexity index is 1120. The molecule has 2 aromatic rings. The minimum atomic E-state index is -0.589. The Hall–Kier alpha value is -3.05. The number of benzene rings is 2. The van der Waals surface area contributed by atoms with Crippen molar-refractivity contribution in [1.29, 1.82) is 0 Å². The van der Waals surface area contributed by atoms with Crippen LogP contribution in [0.3, 0.4) is 0 Å². The lowest BCUT2D eigenvalue weighted by atomic mass is 9.80. The van der Waals surface area contributed by atoms with Gasteiger partial charge in [0.25, 0.3) is 0 Å². The molecule has 2 aromatic carbocycles. The van der Waals surface area contributed by atoms with Gasteiger partial charge in [0.1, 0.15) is 5.75 Å². The van der Waals surface area contributed by atoms with Crippen LogP contribution in [0.25, 0.3) is 5.70 Å². The normalized spacial score (nSPS) is 17.5. The summed E-state index contributed by atoms with van der Waals surface area (Å²) in [5.74, 6) is -0.580. The Morgan fingerprint density at radius 3 is 2.50 bits per heavy atom. The number of ketones is 1. The maximum Gasteiger partial charge on any atom is 0.336 e. The third kappa shape index (κ3) is 3.19. The largest absolute Gasteiger partial charge is 0.492 e. The van der Waals surface area contributed by atoms with Crippen molar-refractivity contribution in [1.82, 2.24) is 5.32 Å². The van der Waals surface area contributed by atoms with Crippen molar-refractivity contribution in [2.75, 3.05) is 13.2 Å². The van der Waals surface area contributed by atoms with Gasteiger partial charge in [-0.15, -0.1) is 0 Å². The van der Waals surface area contributed by atoms with Crippen LogP contribution in [0.15, 0.2) is 59.3 Å². The van der Waals surface area contributed by atoms with Gasteiger partial charge in [-0.25, -0.2) is 4.79 Å². The number of carbonyl (C=O) groups excluding carboxylic acids is 2. The molecule has 6 heteroatoms. The van der Waals surface area contributed by atoms with Crippen LogP contribution in [0.4, 0.5) is 0 Å². The van der Waals surface area contributed by atoms with Gasteiger partial charge in [0.05, 0.1) is 29.5 Å². The Balaban J connectivity index is 1.90. The number of dihydropyridines is 1. The summed E-state index contributed by atoms with van der Waals surface area (Å²) in [6.07, 6.45) is 0. The van der Waals surface area contributed by atoms with E-state index in [0.29, 0.717) is 39.8 Å². The standard InChI is InChI=1S/C24H22ClNO4/c1-4-29-18-11-10-14(12-17(18)25)20-19(24(28)30-5-2)13(3)26-22-15-8-6-7-9-16(15)23(27)21(20)22/h6-12,20,26H,4-5H2,1-3H3/t20-/m0/s1. The minimum absolute atomic E-state index is 0.0996. The molecule has 1 atom stereocenters. The second-order valence-corrected chi connectivity index (χ2v) is 7.51. The average Bonchev–Trinajstić information content (AvgIpc) is 3.01. The van der Waals surface area contributed by atoms with E-state index in [0.717, 1.165) is 16.8 Å². The number of hydrogen-bond acceptors (Lipinski definition) is 5. The van der Waals surface area contributed by atoms with Gasteiger partial charge in [0.2, 0.25) is 0 Å². The second kappa shape index (κ2) is 8.00. The molecule has 2 aliphatic rings. The molecule has 30 heavy (non-hydrogen) atoms. The third-order valence-corrected chi connectivity index (χ3v) is 5.63. The van der Waals surface area contributed by atoms with Crippen LogP contribution in [-0.4, -0.2) is 25.0 Å². The Morgan fingerprint density at radius 1 is 1.10 bits per heavy atom. The monoisotopic (exact) mass is 423 g/mol. The predicted molar refractivity (Wildman–Crippen MR) is 116 cm³/mol. The number of nitrogens with one attached hydrogen (secondary N) is 1. The lowest BCUT2D eigenvalue weighted by Crippen LogP contribution is -2.29. The Labute approximate surface area is 180 Å². The molecule has 0 bridgehead atoms. The number of hydrogen-bond donors (Lipinski definition) is 1. The smallest absolute Gasteiger partial charge is 0.336 e. The molecular formula is C24H22ClNO4. The van der Waals surface area contributed by atoms with Crippen molar-refractivity contribution in [3.8, 4) is 5.75 Å². The molecule has 0 aromatic heterocycles. The Kier molecular flexibility index (Phi) is 5.39. The van der Waals surface area contributed by atoms with E-state index in [1.165, 1.54) is 0 Å². The minimum Gasteiger partial charge on any atom is -0.492 e. The molecule has 154 valence electrons. The van der Waals surface area contributed by atoms with Crippen LogP contribution in [0.5, 0.6) is 5.75 Å². The molecule has 4 rings (SSSR count). The highest BCUT2D eigenvalue weighted by atomic mass is 35.5. The fraction of sp³-hybridized carbons (Fsp3) is 0.250. The first kappa shape index (κ1) is 20.2. The van der Waals surface area contributed by atoms with E-state index in [4.69, 9.17) is 21.1 Å². The number of esters is 1.